The van der Waals surface area contributed by atoms with Gasteiger partial charge in [0.1, 0.15) is 0 Å². The average molecular weight is 306 g/mol. The van der Waals surface area contributed by atoms with Gasteiger partial charge in [0.2, 0.25) is 5.91 Å². The fraction of sp³-hybridized carbons (Fsp3) is 0.308. The van der Waals surface area contributed by atoms with E-state index in [0.717, 1.165) is 12.8 Å². The Labute approximate surface area is 125 Å². The summed E-state index contributed by atoms with van der Waals surface area (Å²) in [6.45, 7) is 0. The topological polar surface area (TPSA) is 130 Å². The molecule has 0 unspecified atom stereocenters. The lowest BCUT2D eigenvalue weighted by Gasteiger charge is -2.07. The lowest BCUT2D eigenvalue weighted by Crippen LogP contribution is -2.49. The summed E-state index contributed by atoms with van der Waals surface area (Å²) in [6, 6.07) is 5.81. The van der Waals surface area contributed by atoms with Gasteiger partial charge in [0.15, 0.2) is 0 Å². The van der Waals surface area contributed by atoms with Gasteiger partial charge >= 0.3 is 11.8 Å². The molecule has 0 aliphatic heterocycles. The third-order valence-corrected chi connectivity index (χ3v) is 2.97. The highest BCUT2D eigenvalue weighted by molar-refractivity contribution is 6.35. The van der Waals surface area contributed by atoms with Gasteiger partial charge in [0.05, 0.1) is 11.3 Å². The van der Waals surface area contributed by atoms with E-state index >= 15 is 0 Å². The second-order valence-electron chi connectivity index (χ2n) is 4.81. The van der Waals surface area contributed by atoms with Crippen molar-refractivity contribution < 1.29 is 19.3 Å². The number of para-hydroxylation sites is 1. The minimum atomic E-state index is -0.984. The molecule has 0 bridgehead atoms. The molecule has 1 aromatic rings. The van der Waals surface area contributed by atoms with Crippen LogP contribution in [0.2, 0.25) is 0 Å². The van der Waals surface area contributed by atoms with Crippen molar-refractivity contribution in [3.63, 3.8) is 0 Å². The van der Waals surface area contributed by atoms with Gasteiger partial charge in [-0.1, -0.05) is 18.2 Å². The SMILES string of the molecule is O=C(Cc1ccccc1[N+](=O)[O-])NNC(=O)C(=O)NC1CC1. The minimum Gasteiger partial charge on any atom is -0.345 e. The van der Waals surface area contributed by atoms with Gasteiger partial charge in [0.25, 0.3) is 5.69 Å². The number of carbonyl (C=O) groups excluding carboxylic acids is 3. The Morgan fingerprint density at radius 3 is 2.45 bits per heavy atom. The van der Waals surface area contributed by atoms with Crippen molar-refractivity contribution in [1.29, 1.82) is 0 Å². The molecule has 0 atom stereocenters. The number of nitrogens with zero attached hydrogens (tertiary/aromatic N) is 1. The molecule has 9 heteroatoms. The van der Waals surface area contributed by atoms with Gasteiger partial charge in [-0.2, -0.15) is 0 Å². The number of hydrazine groups is 1. The monoisotopic (exact) mass is 306 g/mol. The Morgan fingerprint density at radius 2 is 1.82 bits per heavy atom. The van der Waals surface area contributed by atoms with Crippen molar-refractivity contribution in [3.05, 3.63) is 39.9 Å². The molecule has 3 N–H and O–H groups in total. The van der Waals surface area contributed by atoms with Crippen LogP contribution in [0.15, 0.2) is 24.3 Å². The molecule has 1 aliphatic carbocycles. The smallest absolute Gasteiger partial charge is 0.327 e. The number of hydrogen-bond donors (Lipinski definition) is 3. The Morgan fingerprint density at radius 1 is 1.14 bits per heavy atom. The Balaban J connectivity index is 1.84. The maximum absolute atomic E-state index is 11.7. The maximum Gasteiger partial charge on any atom is 0.327 e. The molecule has 3 amide bonds. The lowest BCUT2D eigenvalue weighted by molar-refractivity contribution is -0.385. The summed E-state index contributed by atoms with van der Waals surface area (Å²) in [5.74, 6) is -2.47. The predicted octanol–water partition coefficient (Wildman–Crippen LogP) is -0.437. The highest BCUT2D eigenvalue weighted by Gasteiger charge is 2.26. The van der Waals surface area contributed by atoms with Crippen LogP contribution in [0.5, 0.6) is 0 Å². The number of benzene rings is 1. The van der Waals surface area contributed by atoms with Crippen molar-refractivity contribution in [3.8, 4) is 0 Å². The molecule has 1 saturated carbocycles. The third kappa shape index (κ3) is 4.27. The molecule has 1 aliphatic rings. The average Bonchev–Trinajstić information content (AvgIpc) is 3.29. The first-order chi connectivity index (χ1) is 10.5. The number of amides is 3. The van der Waals surface area contributed by atoms with Crippen molar-refractivity contribution >= 4 is 23.4 Å². The molecule has 0 spiro atoms. The molecule has 0 radical (unpaired) electrons. The molecule has 0 saturated heterocycles. The van der Waals surface area contributed by atoms with Crippen molar-refractivity contribution in [2.24, 2.45) is 0 Å². The van der Waals surface area contributed by atoms with E-state index in [9.17, 15) is 24.5 Å². The highest BCUT2D eigenvalue weighted by atomic mass is 16.6. The lowest BCUT2D eigenvalue weighted by atomic mass is 10.1. The second kappa shape index (κ2) is 6.66. The third-order valence-electron chi connectivity index (χ3n) is 2.97. The van der Waals surface area contributed by atoms with Crippen LogP contribution < -0.4 is 16.2 Å². The zero-order valence-corrected chi connectivity index (χ0v) is 11.5. The van der Waals surface area contributed by atoms with Crippen LogP contribution in [0.4, 0.5) is 5.69 Å². The first-order valence-electron chi connectivity index (χ1n) is 6.59. The van der Waals surface area contributed by atoms with Gasteiger partial charge in [-0.25, -0.2) is 0 Å². The quantitative estimate of drug-likeness (QED) is 0.394. The van der Waals surface area contributed by atoms with E-state index in [-0.39, 0.29) is 23.7 Å². The normalized spacial score (nSPS) is 13.1. The summed E-state index contributed by atoms with van der Waals surface area (Å²) in [7, 11) is 0. The summed E-state index contributed by atoms with van der Waals surface area (Å²) in [5, 5.41) is 13.3. The van der Waals surface area contributed by atoms with Gasteiger partial charge in [-0.15, -0.1) is 0 Å². The molecule has 1 aromatic carbocycles. The Bertz CT molecular complexity index is 627. The summed E-state index contributed by atoms with van der Waals surface area (Å²) >= 11 is 0. The van der Waals surface area contributed by atoms with E-state index in [1.165, 1.54) is 18.2 Å². The molecule has 116 valence electrons. The van der Waals surface area contributed by atoms with Crippen LogP contribution in [0, 0.1) is 10.1 Å². The number of hydrogen-bond acceptors (Lipinski definition) is 5. The molecular weight excluding hydrogens is 292 g/mol. The Kier molecular flexibility index (Phi) is 4.66. The molecule has 2 rings (SSSR count). The summed E-state index contributed by atoms with van der Waals surface area (Å²) in [4.78, 5) is 44.6. The van der Waals surface area contributed by atoms with Gasteiger partial charge in [0, 0.05) is 17.7 Å². The molecule has 9 nitrogen and oxygen atoms in total. The molecule has 0 aromatic heterocycles. The van der Waals surface area contributed by atoms with Gasteiger partial charge in [-0.05, 0) is 12.8 Å². The molecule has 22 heavy (non-hydrogen) atoms. The number of rotatable bonds is 4. The van der Waals surface area contributed by atoms with Crippen LogP contribution >= 0.6 is 0 Å². The standard InChI is InChI=1S/C13H14N4O5/c18-11(7-8-3-1-2-4-10(8)17(21)22)15-16-13(20)12(19)14-9-5-6-9/h1-4,9H,5-7H2,(H,14,19)(H,15,18)(H,16,20). The van der Waals surface area contributed by atoms with Crippen LogP contribution in [-0.2, 0) is 20.8 Å². The zero-order chi connectivity index (χ0) is 16.1. The van der Waals surface area contributed by atoms with E-state index < -0.39 is 22.6 Å². The Hall–Kier alpha value is -2.97. The summed E-state index contributed by atoms with van der Waals surface area (Å²) in [5.41, 5.74) is 4.04. The van der Waals surface area contributed by atoms with E-state index in [0.29, 0.717) is 0 Å². The number of nitrogens with one attached hydrogen (secondary N) is 3. The van der Waals surface area contributed by atoms with Crippen molar-refractivity contribution in [2.45, 2.75) is 25.3 Å². The largest absolute Gasteiger partial charge is 0.345 e. The molecular formula is C13H14N4O5. The van der Waals surface area contributed by atoms with Crippen LogP contribution in [-0.4, -0.2) is 28.7 Å². The number of carbonyl (C=O) groups is 3. The van der Waals surface area contributed by atoms with Crippen LogP contribution in [0.3, 0.4) is 0 Å². The van der Waals surface area contributed by atoms with Crippen LogP contribution in [0.1, 0.15) is 18.4 Å². The predicted molar refractivity (Wildman–Crippen MR) is 74.3 cm³/mol. The van der Waals surface area contributed by atoms with E-state index in [2.05, 4.69) is 5.32 Å². The number of nitro benzene ring substituents is 1. The second-order valence-corrected chi connectivity index (χ2v) is 4.81. The highest BCUT2D eigenvalue weighted by Crippen LogP contribution is 2.18. The fourth-order valence-corrected chi connectivity index (χ4v) is 1.72. The first-order valence-corrected chi connectivity index (χ1v) is 6.59. The maximum atomic E-state index is 11.7. The van der Waals surface area contributed by atoms with Gasteiger partial charge < -0.3 is 5.32 Å². The summed E-state index contributed by atoms with van der Waals surface area (Å²) < 4.78 is 0. The minimum absolute atomic E-state index is 0.0286. The fourth-order valence-electron chi connectivity index (χ4n) is 1.72. The summed E-state index contributed by atoms with van der Waals surface area (Å²) in [6.07, 6.45) is 1.38. The zero-order valence-electron chi connectivity index (χ0n) is 11.5. The molecule has 0 heterocycles. The van der Waals surface area contributed by atoms with Crippen molar-refractivity contribution in [1.82, 2.24) is 16.2 Å². The van der Waals surface area contributed by atoms with E-state index in [4.69, 9.17) is 0 Å². The van der Waals surface area contributed by atoms with Gasteiger partial charge in [-0.3, -0.25) is 35.3 Å². The molecule has 1 fully saturated rings. The van der Waals surface area contributed by atoms with Crippen molar-refractivity contribution in [2.75, 3.05) is 0 Å². The van der Waals surface area contributed by atoms with E-state index in [1.54, 1.807) is 6.07 Å². The number of nitro groups is 1. The van der Waals surface area contributed by atoms with Crippen LogP contribution in [0.25, 0.3) is 0 Å². The first kappa shape index (κ1) is 15.4. The van der Waals surface area contributed by atoms with E-state index in [1.807, 2.05) is 10.9 Å².